The third-order valence-corrected chi connectivity index (χ3v) is 3.94. The number of carboxylic acids is 1. The summed E-state index contributed by atoms with van der Waals surface area (Å²) in [5.74, 6) is -0.903. The van der Waals surface area contributed by atoms with E-state index in [9.17, 15) is 4.79 Å². The Labute approximate surface area is 133 Å². The average molecular weight is 432 g/mol. The van der Waals surface area contributed by atoms with Gasteiger partial charge in [-0.3, -0.25) is 0 Å². The highest BCUT2D eigenvalue weighted by molar-refractivity contribution is 14.1. The van der Waals surface area contributed by atoms with Gasteiger partial charge in [-0.05, 0) is 74.4 Å². The zero-order valence-electron chi connectivity index (χ0n) is 9.86. The van der Waals surface area contributed by atoms with Crippen LogP contribution in [0.15, 0.2) is 46.9 Å². The fourth-order valence-corrected chi connectivity index (χ4v) is 3.03. The maximum absolute atomic E-state index is 10.7. The molecule has 0 fully saturated rings. The number of benzene rings is 2. The molecule has 5 heteroatoms. The molecular weight excluding hydrogens is 421 g/mol. The van der Waals surface area contributed by atoms with Crippen LogP contribution in [0.3, 0.4) is 0 Å². The van der Waals surface area contributed by atoms with E-state index in [1.54, 1.807) is 12.1 Å². The van der Waals surface area contributed by atoms with Gasteiger partial charge >= 0.3 is 5.97 Å². The number of halogens is 2. The van der Waals surface area contributed by atoms with E-state index in [-0.39, 0.29) is 0 Å². The van der Waals surface area contributed by atoms with E-state index in [0.29, 0.717) is 12.1 Å². The van der Waals surface area contributed by atoms with Crippen molar-refractivity contribution in [2.75, 3.05) is 5.32 Å². The van der Waals surface area contributed by atoms with Crippen molar-refractivity contribution in [1.29, 1.82) is 0 Å². The Bertz CT molecular complexity index is 599. The summed E-state index contributed by atoms with van der Waals surface area (Å²) < 4.78 is 2.18. The Balaban J connectivity index is 2.04. The maximum atomic E-state index is 10.7. The van der Waals surface area contributed by atoms with Crippen molar-refractivity contribution in [3.05, 3.63) is 61.6 Å². The molecule has 0 bridgehead atoms. The molecule has 0 aliphatic heterocycles. The van der Waals surface area contributed by atoms with Crippen LogP contribution >= 0.6 is 38.5 Å². The number of rotatable bonds is 4. The van der Waals surface area contributed by atoms with Gasteiger partial charge in [0.2, 0.25) is 0 Å². The van der Waals surface area contributed by atoms with Crippen LogP contribution < -0.4 is 5.32 Å². The Morgan fingerprint density at radius 1 is 1.21 bits per heavy atom. The molecule has 0 aromatic heterocycles. The van der Waals surface area contributed by atoms with Crippen molar-refractivity contribution >= 4 is 50.2 Å². The van der Waals surface area contributed by atoms with E-state index >= 15 is 0 Å². The van der Waals surface area contributed by atoms with Crippen molar-refractivity contribution in [3.8, 4) is 0 Å². The van der Waals surface area contributed by atoms with Gasteiger partial charge in [-0.2, -0.15) is 0 Å². The average Bonchev–Trinajstić information content (AvgIpc) is 2.38. The van der Waals surface area contributed by atoms with Crippen LogP contribution in [0.1, 0.15) is 15.9 Å². The number of carboxylic acid groups (broad SMARTS) is 1. The molecule has 2 N–H and O–H groups in total. The lowest BCUT2D eigenvalue weighted by Crippen LogP contribution is -2.01. The molecule has 0 saturated carbocycles. The van der Waals surface area contributed by atoms with Gasteiger partial charge in [-0.25, -0.2) is 4.79 Å². The van der Waals surface area contributed by atoms with Crippen molar-refractivity contribution in [2.24, 2.45) is 0 Å². The molecule has 0 amide bonds. The van der Waals surface area contributed by atoms with Crippen molar-refractivity contribution < 1.29 is 9.90 Å². The zero-order chi connectivity index (χ0) is 13.8. The predicted octanol–water partition coefficient (Wildman–Crippen LogP) is 4.36. The van der Waals surface area contributed by atoms with E-state index in [1.807, 2.05) is 30.3 Å². The molecule has 0 unspecified atom stereocenters. The molecule has 0 atom stereocenters. The number of anilines is 1. The summed E-state index contributed by atoms with van der Waals surface area (Å²) in [5, 5.41) is 12.1. The summed E-state index contributed by atoms with van der Waals surface area (Å²) in [6, 6.07) is 12.9. The molecule has 0 saturated heterocycles. The van der Waals surface area contributed by atoms with Gasteiger partial charge in [0.05, 0.1) is 5.56 Å². The SMILES string of the molecule is O=C(O)c1ccc(CNc2ccc(I)cc2Br)cc1. The zero-order valence-corrected chi connectivity index (χ0v) is 13.6. The number of carbonyl (C=O) groups is 1. The lowest BCUT2D eigenvalue weighted by atomic mass is 10.1. The maximum Gasteiger partial charge on any atom is 0.335 e. The highest BCUT2D eigenvalue weighted by Crippen LogP contribution is 2.24. The minimum atomic E-state index is -0.903. The minimum Gasteiger partial charge on any atom is -0.478 e. The summed E-state index contributed by atoms with van der Waals surface area (Å²) in [4.78, 5) is 10.7. The van der Waals surface area contributed by atoms with E-state index < -0.39 is 5.97 Å². The number of aromatic carboxylic acids is 1. The fourth-order valence-electron chi connectivity index (χ4n) is 1.60. The van der Waals surface area contributed by atoms with Gasteiger partial charge in [0.15, 0.2) is 0 Å². The van der Waals surface area contributed by atoms with Crippen LogP contribution in [-0.4, -0.2) is 11.1 Å². The first-order valence-electron chi connectivity index (χ1n) is 5.57. The molecule has 98 valence electrons. The molecule has 2 aromatic rings. The summed E-state index contributed by atoms with van der Waals surface area (Å²) in [5.41, 5.74) is 2.36. The first-order valence-corrected chi connectivity index (χ1v) is 7.44. The molecule has 0 aliphatic rings. The normalized spacial score (nSPS) is 10.2. The van der Waals surface area contributed by atoms with Crippen molar-refractivity contribution in [1.82, 2.24) is 0 Å². The molecule has 2 rings (SSSR count). The van der Waals surface area contributed by atoms with Gasteiger partial charge in [0.25, 0.3) is 0 Å². The number of nitrogens with one attached hydrogen (secondary N) is 1. The topological polar surface area (TPSA) is 49.3 Å². The Hall–Kier alpha value is -1.08. The quantitative estimate of drug-likeness (QED) is 0.707. The smallest absolute Gasteiger partial charge is 0.335 e. The van der Waals surface area contributed by atoms with Crippen LogP contribution in [0.4, 0.5) is 5.69 Å². The van der Waals surface area contributed by atoms with Crippen molar-refractivity contribution in [2.45, 2.75) is 6.54 Å². The Morgan fingerprint density at radius 3 is 2.47 bits per heavy atom. The van der Waals surface area contributed by atoms with Crippen LogP contribution in [0.25, 0.3) is 0 Å². The minimum absolute atomic E-state index is 0.305. The second-order valence-electron chi connectivity index (χ2n) is 3.98. The largest absolute Gasteiger partial charge is 0.478 e. The summed E-state index contributed by atoms with van der Waals surface area (Å²) >= 11 is 5.76. The molecule has 0 heterocycles. The lowest BCUT2D eigenvalue weighted by molar-refractivity contribution is 0.0697. The van der Waals surface area contributed by atoms with E-state index in [2.05, 4.69) is 43.8 Å². The van der Waals surface area contributed by atoms with Gasteiger partial charge in [-0.1, -0.05) is 12.1 Å². The molecule has 2 aromatic carbocycles. The fraction of sp³-hybridized carbons (Fsp3) is 0.0714. The van der Waals surface area contributed by atoms with E-state index in [0.717, 1.165) is 15.7 Å². The highest BCUT2D eigenvalue weighted by Gasteiger charge is 2.03. The highest BCUT2D eigenvalue weighted by atomic mass is 127. The first-order chi connectivity index (χ1) is 9.06. The van der Waals surface area contributed by atoms with Crippen LogP contribution in [0.5, 0.6) is 0 Å². The van der Waals surface area contributed by atoms with Crippen LogP contribution in [0, 0.1) is 3.57 Å². The first kappa shape index (κ1) is 14.3. The Morgan fingerprint density at radius 2 is 1.89 bits per heavy atom. The van der Waals surface area contributed by atoms with Gasteiger partial charge in [0, 0.05) is 20.3 Å². The third-order valence-electron chi connectivity index (χ3n) is 2.61. The van der Waals surface area contributed by atoms with Gasteiger partial charge < -0.3 is 10.4 Å². The van der Waals surface area contributed by atoms with Crippen LogP contribution in [-0.2, 0) is 6.54 Å². The second-order valence-corrected chi connectivity index (χ2v) is 6.08. The molecule has 19 heavy (non-hydrogen) atoms. The molecule has 0 radical (unpaired) electrons. The molecule has 0 aliphatic carbocycles. The monoisotopic (exact) mass is 431 g/mol. The molecule has 3 nitrogen and oxygen atoms in total. The molecular formula is C14H11BrINO2. The summed E-state index contributed by atoms with van der Waals surface area (Å²) in [6.07, 6.45) is 0. The van der Waals surface area contributed by atoms with E-state index in [1.165, 1.54) is 3.57 Å². The summed E-state index contributed by atoms with van der Waals surface area (Å²) in [7, 11) is 0. The summed E-state index contributed by atoms with van der Waals surface area (Å²) in [6.45, 7) is 0.652. The molecule has 0 spiro atoms. The van der Waals surface area contributed by atoms with Gasteiger partial charge in [-0.15, -0.1) is 0 Å². The van der Waals surface area contributed by atoms with Gasteiger partial charge in [0.1, 0.15) is 0 Å². The Kier molecular flexibility index (Phi) is 4.81. The van der Waals surface area contributed by atoms with E-state index in [4.69, 9.17) is 5.11 Å². The number of hydrogen-bond donors (Lipinski definition) is 2. The second kappa shape index (κ2) is 6.38. The predicted molar refractivity (Wildman–Crippen MR) is 87.6 cm³/mol. The third kappa shape index (κ3) is 3.94. The van der Waals surface area contributed by atoms with Crippen LogP contribution in [0.2, 0.25) is 0 Å². The van der Waals surface area contributed by atoms with Crippen molar-refractivity contribution in [3.63, 3.8) is 0 Å². The standard InChI is InChI=1S/C14H11BrINO2/c15-12-7-11(16)5-6-13(12)17-8-9-1-3-10(4-2-9)14(18)19/h1-7,17H,8H2,(H,18,19). The lowest BCUT2D eigenvalue weighted by Gasteiger charge is -2.09. The number of hydrogen-bond acceptors (Lipinski definition) is 2.